The van der Waals surface area contributed by atoms with Gasteiger partial charge in [0.25, 0.3) is 0 Å². The summed E-state index contributed by atoms with van der Waals surface area (Å²) < 4.78 is 4.92. The largest absolute Gasteiger partial charge is 0.367 e. The molecule has 0 aliphatic carbocycles. The van der Waals surface area contributed by atoms with Gasteiger partial charge in [-0.1, -0.05) is 30.3 Å². The second-order valence-corrected chi connectivity index (χ2v) is 5.48. The third kappa shape index (κ3) is 1.41. The monoisotopic (exact) mass is 232 g/mol. The molecule has 3 rings (SSSR count). The van der Waals surface area contributed by atoms with Crippen molar-refractivity contribution in [2.75, 3.05) is 5.73 Å². The fraction of sp³-hybridized carbons (Fsp3) is 0.250. The van der Waals surface area contributed by atoms with Crippen molar-refractivity contribution in [3.05, 3.63) is 30.0 Å². The number of benzene rings is 1. The SMILES string of the molecule is CC1Cc2cccc(-c3cnoc3N)c2S1. The van der Waals surface area contributed by atoms with E-state index < -0.39 is 0 Å². The van der Waals surface area contributed by atoms with Crippen molar-refractivity contribution < 1.29 is 4.52 Å². The van der Waals surface area contributed by atoms with Gasteiger partial charge >= 0.3 is 0 Å². The number of hydrogen-bond donors (Lipinski definition) is 1. The average molecular weight is 232 g/mol. The number of thioether (sulfide) groups is 1. The molecular weight excluding hydrogens is 220 g/mol. The summed E-state index contributed by atoms with van der Waals surface area (Å²) in [5.41, 5.74) is 9.21. The van der Waals surface area contributed by atoms with Crippen molar-refractivity contribution in [2.24, 2.45) is 0 Å². The van der Waals surface area contributed by atoms with E-state index in [1.807, 2.05) is 11.8 Å². The molecular formula is C12H12N2OS. The maximum Gasteiger partial charge on any atom is 0.229 e. The Morgan fingerprint density at radius 2 is 2.31 bits per heavy atom. The minimum absolute atomic E-state index is 0.397. The van der Waals surface area contributed by atoms with Crippen LogP contribution in [-0.2, 0) is 6.42 Å². The summed E-state index contributed by atoms with van der Waals surface area (Å²) >= 11 is 1.90. The molecule has 1 unspecified atom stereocenters. The highest BCUT2D eigenvalue weighted by Gasteiger charge is 2.23. The molecule has 1 aliphatic rings. The maximum absolute atomic E-state index is 5.76. The van der Waals surface area contributed by atoms with Gasteiger partial charge in [0.15, 0.2) is 0 Å². The van der Waals surface area contributed by atoms with Crippen LogP contribution in [0.1, 0.15) is 12.5 Å². The van der Waals surface area contributed by atoms with E-state index in [9.17, 15) is 0 Å². The highest BCUT2D eigenvalue weighted by Crippen LogP contribution is 2.44. The molecule has 3 nitrogen and oxygen atoms in total. The molecule has 1 aromatic heterocycles. The topological polar surface area (TPSA) is 52.0 Å². The molecule has 0 spiro atoms. The number of anilines is 1. The third-order valence-electron chi connectivity index (χ3n) is 2.81. The smallest absolute Gasteiger partial charge is 0.229 e. The first kappa shape index (κ1) is 9.78. The van der Waals surface area contributed by atoms with Gasteiger partial charge in [0, 0.05) is 15.7 Å². The van der Waals surface area contributed by atoms with Crippen LogP contribution in [0.2, 0.25) is 0 Å². The number of aromatic nitrogens is 1. The first-order chi connectivity index (χ1) is 7.75. The van der Waals surface area contributed by atoms with Crippen LogP contribution >= 0.6 is 11.8 Å². The van der Waals surface area contributed by atoms with Crippen molar-refractivity contribution in [2.45, 2.75) is 23.5 Å². The Balaban J connectivity index is 2.17. The summed E-state index contributed by atoms with van der Waals surface area (Å²) in [6.07, 6.45) is 2.81. The van der Waals surface area contributed by atoms with Gasteiger partial charge in [-0.15, -0.1) is 11.8 Å². The fourth-order valence-corrected chi connectivity index (χ4v) is 3.37. The van der Waals surface area contributed by atoms with Crippen molar-refractivity contribution in [3.8, 4) is 11.1 Å². The number of fused-ring (bicyclic) bond motifs is 1. The van der Waals surface area contributed by atoms with E-state index in [0.717, 1.165) is 17.5 Å². The van der Waals surface area contributed by atoms with Crippen LogP contribution in [0, 0.1) is 0 Å². The number of nitrogens with two attached hydrogens (primary N) is 1. The fourth-order valence-electron chi connectivity index (χ4n) is 2.10. The Bertz CT molecular complexity index is 536. The summed E-state index contributed by atoms with van der Waals surface area (Å²) in [6.45, 7) is 2.24. The zero-order chi connectivity index (χ0) is 11.1. The predicted octanol–water partition coefficient (Wildman–Crippen LogP) is 2.96. The van der Waals surface area contributed by atoms with E-state index in [0.29, 0.717) is 11.1 Å². The zero-order valence-electron chi connectivity index (χ0n) is 8.93. The van der Waals surface area contributed by atoms with Crippen molar-refractivity contribution in [1.29, 1.82) is 0 Å². The molecule has 2 aromatic rings. The van der Waals surface area contributed by atoms with Gasteiger partial charge in [0.2, 0.25) is 5.88 Å². The summed E-state index contributed by atoms with van der Waals surface area (Å²) in [7, 11) is 0. The molecule has 0 fully saturated rings. The molecule has 1 aromatic carbocycles. The number of rotatable bonds is 1. The summed E-state index contributed by atoms with van der Waals surface area (Å²) in [5.74, 6) is 0.397. The molecule has 0 amide bonds. The number of nitrogens with zero attached hydrogens (tertiary/aromatic N) is 1. The van der Waals surface area contributed by atoms with Crippen LogP contribution in [0.5, 0.6) is 0 Å². The molecule has 0 radical (unpaired) electrons. The molecule has 2 heterocycles. The number of hydrogen-bond acceptors (Lipinski definition) is 4. The summed E-state index contributed by atoms with van der Waals surface area (Å²) in [5, 5.41) is 4.37. The molecule has 1 aliphatic heterocycles. The van der Waals surface area contributed by atoms with Gasteiger partial charge in [0.05, 0.1) is 11.8 Å². The molecule has 16 heavy (non-hydrogen) atoms. The van der Waals surface area contributed by atoms with Crippen LogP contribution in [0.4, 0.5) is 5.88 Å². The first-order valence-electron chi connectivity index (χ1n) is 5.25. The van der Waals surface area contributed by atoms with Gasteiger partial charge in [-0.2, -0.15) is 0 Å². The lowest BCUT2D eigenvalue weighted by Gasteiger charge is -2.05. The van der Waals surface area contributed by atoms with E-state index in [4.69, 9.17) is 10.3 Å². The quantitative estimate of drug-likeness (QED) is 0.821. The van der Waals surface area contributed by atoms with E-state index in [-0.39, 0.29) is 0 Å². The first-order valence-corrected chi connectivity index (χ1v) is 6.12. The van der Waals surface area contributed by atoms with Gasteiger partial charge in [0.1, 0.15) is 0 Å². The zero-order valence-corrected chi connectivity index (χ0v) is 9.75. The molecule has 2 N–H and O–H groups in total. The second kappa shape index (κ2) is 3.56. The maximum atomic E-state index is 5.76. The lowest BCUT2D eigenvalue weighted by Crippen LogP contribution is -1.90. The van der Waals surface area contributed by atoms with Gasteiger partial charge in [-0.05, 0) is 12.0 Å². The van der Waals surface area contributed by atoms with Gasteiger partial charge in [-0.3, -0.25) is 0 Å². The molecule has 0 bridgehead atoms. The Morgan fingerprint density at radius 3 is 3.06 bits per heavy atom. The molecule has 1 atom stereocenters. The van der Waals surface area contributed by atoms with Crippen molar-refractivity contribution in [1.82, 2.24) is 5.16 Å². The van der Waals surface area contributed by atoms with Crippen LogP contribution in [-0.4, -0.2) is 10.4 Å². The molecule has 0 saturated heterocycles. The Morgan fingerprint density at radius 1 is 1.44 bits per heavy atom. The van der Waals surface area contributed by atoms with Crippen LogP contribution in [0.25, 0.3) is 11.1 Å². The van der Waals surface area contributed by atoms with Crippen LogP contribution in [0.15, 0.2) is 33.8 Å². The predicted molar refractivity (Wildman–Crippen MR) is 65.4 cm³/mol. The van der Waals surface area contributed by atoms with Gasteiger partial charge in [-0.25, -0.2) is 0 Å². The molecule has 82 valence electrons. The molecule has 0 saturated carbocycles. The van der Waals surface area contributed by atoms with E-state index in [1.54, 1.807) is 6.20 Å². The number of nitrogen functional groups attached to an aromatic ring is 1. The van der Waals surface area contributed by atoms with Crippen molar-refractivity contribution >= 4 is 17.6 Å². The lowest BCUT2D eigenvalue weighted by atomic mass is 10.0. The van der Waals surface area contributed by atoms with Crippen molar-refractivity contribution in [3.63, 3.8) is 0 Å². The Labute approximate surface area is 98.0 Å². The second-order valence-electron chi connectivity index (χ2n) is 4.03. The highest BCUT2D eigenvalue weighted by atomic mass is 32.2. The Hall–Kier alpha value is -1.42. The van der Waals surface area contributed by atoms with E-state index in [1.165, 1.54) is 10.5 Å². The minimum Gasteiger partial charge on any atom is -0.367 e. The third-order valence-corrected chi connectivity index (χ3v) is 4.10. The van der Waals surface area contributed by atoms with E-state index in [2.05, 4.69) is 30.3 Å². The summed E-state index contributed by atoms with van der Waals surface area (Å²) in [4.78, 5) is 1.32. The normalized spacial score (nSPS) is 18.7. The Kier molecular flexibility index (Phi) is 2.17. The van der Waals surface area contributed by atoms with Gasteiger partial charge < -0.3 is 10.3 Å². The van der Waals surface area contributed by atoms with Crippen LogP contribution in [0.3, 0.4) is 0 Å². The lowest BCUT2D eigenvalue weighted by molar-refractivity contribution is 0.436. The molecule has 4 heteroatoms. The average Bonchev–Trinajstić information content (AvgIpc) is 2.82. The minimum atomic E-state index is 0.397. The van der Waals surface area contributed by atoms with E-state index >= 15 is 0 Å². The summed E-state index contributed by atoms with van der Waals surface area (Å²) in [6, 6.07) is 6.32. The highest BCUT2D eigenvalue weighted by molar-refractivity contribution is 8.00. The van der Waals surface area contributed by atoms with Crippen LogP contribution < -0.4 is 5.73 Å². The standard InChI is InChI=1S/C12H12N2OS/c1-7-5-8-3-2-4-9(11(8)16-7)10-6-14-15-12(10)13/h2-4,6-7H,5,13H2,1H3.